The fourth-order valence-electron chi connectivity index (χ4n) is 3.54. The first-order valence-electron chi connectivity index (χ1n) is 10.6. The van der Waals surface area contributed by atoms with Gasteiger partial charge < -0.3 is 29.5 Å². The zero-order chi connectivity index (χ0) is 23.0. The SMILES string of the molecule is CC(C)(C)NCCCn1c(Sc2cc3c(cc2-c2ncco2)OCO3)nc2c(N)ncnc21. The van der Waals surface area contributed by atoms with E-state index in [4.69, 9.17) is 24.6 Å². The number of aryl methyl sites for hydroxylation is 1. The Labute approximate surface area is 194 Å². The van der Waals surface area contributed by atoms with Crippen molar-refractivity contribution in [2.24, 2.45) is 0 Å². The predicted molar refractivity (Wildman–Crippen MR) is 124 cm³/mol. The summed E-state index contributed by atoms with van der Waals surface area (Å²) in [5.41, 5.74) is 8.25. The molecule has 33 heavy (non-hydrogen) atoms. The van der Waals surface area contributed by atoms with Crippen LogP contribution in [0.15, 0.2) is 45.4 Å². The number of aromatic nitrogens is 5. The number of nitrogens with zero attached hydrogens (tertiary/aromatic N) is 5. The van der Waals surface area contributed by atoms with E-state index in [1.54, 1.807) is 12.5 Å². The third-order valence-electron chi connectivity index (χ3n) is 5.08. The molecule has 0 radical (unpaired) electrons. The van der Waals surface area contributed by atoms with E-state index in [1.807, 2.05) is 12.1 Å². The molecule has 172 valence electrons. The summed E-state index contributed by atoms with van der Waals surface area (Å²) in [6.45, 7) is 8.21. The Morgan fingerprint density at radius 3 is 2.73 bits per heavy atom. The highest BCUT2D eigenvalue weighted by molar-refractivity contribution is 7.99. The summed E-state index contributed by atoms with van der Waals surface area (Å²) in [6, 6.07) is 3.80. The molecule has 0 saturated heterocycles. The van der Waals surface area contributed by atoms with Crippen LogP contribution in [-0.4, -0.2) is 43.4 Å². The monoisotopic (exact) mass is 467 g/mol. The summed E-state index contributed by atoms with van der Waals surface area (Å²) in [6.07, 6.45) is 5.52. The summed E-state index contributed by atoms with van der Waals surface area (Å²) in [4.78, 5) is 18.6. The maximum absolute atomic E-state index is 6.11. The number of hydrogen-bond acceptors (Lipinski definition) is 10. The standard InChI is InChI=1S/C22H25N7O3S/c1-22(2,3)27-5-4-7-29-19-17(18(23)25-11-26-19)28-21(29)33-16-10-15-14(31-12-32-15)9-13(16)20-24-6-8-30-20/h6,8-11,27H,4-5,7,12H2,1-3H3,(H2,23,25,26). The molecule has 1 aliphatic rings. The molecule has 4 aromatic rings. The van der Waals surface area contributed by atoms with E-state index in [-0.39, 0.29) is 12.3 Å². The normalized spacial score (nSPS) is 13.2. The molecule has 3 aromatic heterocycles. The Kier molecular flexibility index (Phi) is 5.59. The van der Waals surface area contributed by atoms with Crippen molar-refractivity contribution >= 4 is 28.7 Å². The molecule has 0 bridgehead atoms. The van der Waals surface area contributed by atoms with Gasteiger partial charge in [0.2, 0.25) is 12.7 Å². The quantitative estimate of drug-likeness (QED) is 0.388. The second-order valence-corrected chi connectivity index (χ2v) is 9.66. The molecular weight excluding hydrogens is 442 g/mol. The molecule has 0 amide bonds. The summed E-state index contributed by atoms with van der Waals surface area (Å²) in [5.74, 6) is 2.17. The number of nitrogen functional groups attached to an aromatic ring is 1. The van der Waals surface area contributed by atoms with Crippen molar-refractivity contribution in [3.05, 3.63) is 30.9 Å². The van der Waals surface area contributed by atoms with Crippen molar-refractivity contribution in [2.45, 2.75) is 49.3 Å². The molecule has 10 nitrogen and oxygen atoms in total. The molecule has 4 heterocycles. The third kappa shape index (κ3) is 4.46. The van der Waals surface area contributed by atoms with E-state index >= 15 is 0 Å². The minimum atomic E-state index is 0.0542. The number of nitrogens with one attached hydrogen (secondary N) is 1. The fourth-order valence-corrected chi connectivity index (χ4v) is 4.59. The highest BCUT2D eigenvalue weighted by Gasteiger charge is 2.23. The Hall–Kier alpha value is -3.31. The maximum atomic E-state index is 6.11. The molecule has 0 aliphatic carbocycles. The van der Waals surface area contributed by atoms with E-state index < -0.39 is 0 Å². The lowest BCUT2D eigenvalue weighted by molar-refractivity contribution is 0.174. The first-order chi connectivity index (χ1) is 15.9. The van der Waals surface area contributed by atoms with Crippen LogP contribution in [0.1, 0.15) is 27.2 Å². The summed E-state index contributed by atoms with van der Waals surface area (Å²) in [5, 5.41) is 4.27. The van der Waals surface area contributed by atoms with Crippen LogP contribution in [0.2, 0.25) is 0 Å². The van der Waals surface area contributed by atoms with Gasteiger partial charge in [-0.1, -0.05) is 11.8 Å². The van der Waals surface area contributed by atoms with E-state index in [0.29, 0.717) is 34.4 Å². The van der Waals surface area contributed by atoms with Crippen molar-refractivity contribution in [1.82, 2.24) is 29.8 Å². The minimum Gasteiger partial charge on any atom is -0.454 e. The molecule has 11 heteroatoms. The molecule has 3 N–H and O–H groups in total. The lowest BCUT2D eigenvalue weighted by Crippen LogP contribution is -2.36. The second-order valence-electron chi connectivity index (χ2n) is 8.65. The molecule has 0 saturated carbocycles. The average Bonchev–Trinajstić information content (AvgIpc) is 3.51. The van der Waals surface area contributed by atoms with Gasteiger partial charge in [-0.2, -0.15) is 0 Å². The van der Waals surface area contributed by atoms with Crippen molar-refractivity contribution < 1.29 is 13.9 Å². The molecule has 0 atom stereocenters. The van der Waals surface area contributed by atoms with Crippen LogP contribution in [0.4, 0.5) is 5.82 Å². The van der Waals surface area contributed by atoms with Gasteiger partial charge in [-0.05, 0) is 45.9 Å². The lowest BCUT2D eigenvalue weighted by atomic mass is 10.1. The van der Waals surface area contributed by atoms with Crippen LogP contribution in [0.25, 0.3) is 22.6 Å². The van der Waals surface area contributed by atoms with E-state index in [2.05, 4.69) is 45.6 Å². The van der Waals surface area contributed by atoms with Gasteiger partial charge in [0.1, 0.15) is 12.6 Å². The minimum absolute atomic E-state index is 0.0542. The Bertz CT molecular complexity index is 1280. The van der Waals surface area contributed by atoms with Gasteiger partial charge in [0.15, 0.2) is 33.6 Å². The maximum Gasteiger partial charge on any atom is 0.231 e. The van der Waals surface area contributed by atoms with E-state index in [9.17, 15) is 0 Å². The number of benzene rings is 1. The van der Waals surface area contributed by atoms with E-state index in [1.165, 1.54) is 18.1 Å². The number of rotatable bonds is 7. The van der Waals surface area contributed by atoms with Crippen molar-refractivity contribution in [1.29, 1.82) is 0 Å². The lowest BCUT2D eigenvalue weighted by Gasteiger charge is -2.20. The number of anilines is 1. The molecule has 1 aromatic carbocycles. The number of hydrogen-bond donors (Lipinski definition) is 2. The Morgan fingerprint density at radius 1 is 1.15 bits per heavy atom. The number of oxazole rings is 1. The van der Waals surface area contributed by atoms with Crippen LogP contribution < -0.4 is 20.5 Å². The summed E-state index contributed by atoms with van der Waals surface area (Å²) in [7, 11) is 0. The van der Waals surface area contributed by atoms with Gasteiger partial charge in [-0.15, -0.1) is 0 Å². The highest BCUT2D eigenvalue weighted by Crippen LogP contribution is 2.44. The molecule has 0 fully saturated rings. The third-order valence-corrected chi connectivity index (χ3v) is 6.13. The van der Waals surface area contributed by atoms with E-state index in [0.717, 1.165) is 35.1 Å². The molecular formula is C22H25N7O3S. The molecule has 0 unspecified atom stereocenters. The van der Waals surface area contributed by atoms with Gasteiger partial charge in [0, 0.05) is 17.0 Å². The molecule has 5 rings (SSSR count). The zero-order valence-electron chi connectivity index (χ0n) is 18.7. The fraction of sp³-hybridized carbons (Fsp3) is 0.364. The van der Waals surface area contributed by atoms with Gasteiger partial charge in [-0.25, -0.2) is 19.9 Å². The van der Waals surface area contributed by atoms with Crippen molar-refractivity contribution in [3.63, 3.8) is 0 Å². The number of nitrogens with two attached hydrogens (primary N) is 1. The van der Waals surface area contributed by atoms with Crippen LogP contribution in [0.3, 0.4) is 0 Å². The molecule has 1 aliphatic heterocycles. The topological polar surface area (TPSA) is 126 Å². The second kappa shape index (κ2) is 8.56. The zero-order valence-corrected chi connectivity index (χ0v) is 19.5. The van der Waals surface area contributed by atoms with Crippen LogP contribution >= 0.6 is 11.8 Å². The Balaban J connectivity index is 1.52. The summed E-state index contributed by atoms with van der Waals surface area (Å²) >= 11 is 1.48. The molecule has 0 spiro atoms. The van der Waals surface area contributed by atoms with Crippen LogP contribution in [-0.2, 0) is 6.54 Å². The van der Waals surface area contributed by atoms with Crippen molar-refractivity contribution in [3.8, 4) is 23.0 Å². The largest absolute Gasteiger partial charge is 0.454 e. The van der Waals surface area contributed by atoms with Gasteiger partial charge >= 0.3 is 0 Å². The highest BCUT2D eigenvalue weighted by atomic mass is 32.2. The predicted octanol–water partition coefficient (Wildman–Crippen LogP) is 3.72. The van der Waals surface area contributed by atoms with Gasteiger partial charge in [-0.3, -0.25) is 0 Å². The Morgan fingerprint density at radius 2 is 1.97 bits per heavy atom. The van der Waals surface area contributed by atoms with Crippen LogP contribution in [0.5, 0.6) is 11.5 Å². The first-order valence-corrected chi connectivity index (χ1v) is 11.4. The number of fused-ring (bicyclic) bond motifs is 2. The van der Waals surface area contributed by atoms with Gasteiger partial charge in [0.05, 0.1) is 11.8 Å². The number of imidazole rings is 1. The smallest absolute Gasteiger partial charge is 0.231 e. The average molecular weight is 468 g/mol. The summed E-state index contributed by atoms with van der Waals surface area (Å²) < 4.78 is 18.8. The van der Waals surface area contributed by atoms with Crippen LogP contribution in [0, 0.1) is 0 Å². The van der Waals surface area contributed by atoms with Crippen molar-refractivity contribution in [2.75, 3.05) is 19.1 Å². The number of ether oxygens (including phenoxy) is 2. The first kappa shape index (κ1) is 21.5. The van der Waals surface area contributed by atoms with Gasteiger partial charge in [0.25, 0.3) is 0 Å².